The number of thiophene rings is 1. The number of nitrogens with one attached hydrogen (secondary N) is 1. The van der Waals surface area contributed by atoms with E-state index in [0.717, 1.165) is 0 Å². The first kappa shape index (κ1) is 19.6. The second-order valence-corrected chi connectivity index (χ2v) is 6.55. The van der Waals surface area contributed by atoms with Gasteiger partial charge in [-0.05, 0) is 42.6 Å². The Kier molecular flexibility index (Phi) is 6.05. The third-order valence-electron chi connectivity index (χ3n) is 3.73. The predicted molar refractivity (Wildman–Crippen MR) is 100 cm³/mol. The Morgan fingerprint density at radius 1 is 1.11 bits per heavy atom. The van der Waals surface area contributed by atoms with Gasteiger partial charge in [0.2, 0.25) is 0 Å². The largest absolute Gasteiger partial charge is 0.448 e. The SMILES string of the molecule is C[C@H](OC(=O)c1sccc1-n1cccc1)C(=O)Nc1ccccc1OC(F)F. The molecule has 0 aliphatic heterocycles. The Morgan fingerprint density at radius 3 is 2.54 bits per heavy atom. The molecule has 1 amide bonds. The Morgan fingerprint density at radius 2 is 1.82 bits per heavy atom. The average molecular weight is 406 g/mol. The molecule has 1 aromatic carbocycles. The van der Waals surface area contributed by atoms with Crippen molar-refractivity contribution in [3.05, 3.63) is 65.1 Å². The van der Waals surface area contributed by atoms with Crippen LogP contribution in [0.1, 0.15) is 16.6 Å². The topological polar surface area (TPSA) is 69.6 Å². The van der Waals surface area contributed by atoms with Crippen molar-refractivity contribution in [3.63, 3.8) is 0 Å². The van der Waals surface area contributed by atoms with E-state index in [2.05, 4.69) is 10.1 Å². The summed E-state index contributed by atoms with van der Waals surface area (Å²) in [7, 11) is 0. The smallest absolute Gasteiger partial charge is 0.387 e. The summed E-state index contributed by atoms with van der Waals surface area (Å²) < 4.78 is 36.3. The number of ether oxygens (including phenoxy) is 2. The van der Waals surface area contributed by atoms with Crippen LogP contribution in [0.2, 0.25) is 0 Å². The number of halogens is 2. The zero-order chi connectivity index (χ0) is 20.1. The lowest BCUT2D eigenvalue weighted by Gasteiger charge is -2.16. The van der Waals surface area contributed by atoms with E-state index in [9.17, 15) is 18.4 Å². The molecule has 2 heterocycles. The van der Waals surface area contributed by atoms with E-state index in [1.54, 1.807) is 34.5 Å². The molecule has 0 bridgehead atoms. The molecular weight excluding hydrogens is 390 g/mol. The minimum atomic E-state index is -3.03. The van der Waals surface area contributed by atoms with Gasteiger partial charge in [0, 0.05) is 12.4 Å². The third-order valence-corrected chi connectivity index (χ3v) is 4.61. The second kappa shape index (κ2) is 8.66. The van der Waals surface area contributed by atoms with Crippen LogP contribution in [-0.2, 0) is 9.53 Å². The van der Waals surface area contributed by atoms with E-state index in [1.165, 1.54) is 36.5 Å². The van der Waals surface area contributed by atoms with Crippen LogP contribution in [0.15, 0.2) is 60.2 Å². The molecule has 0 radical (unpaired) electrons. The molecule has 146 valence electrons. The Labute approximate surface area is 163 Å². The molecule has 1 atom stereocenters. The first-order valence-corrected chi connectivity index (χ1v) is 9.10. The number of nitrogens with zero attached hydrogens (tertiary/aromatic N) is 1. The van der Waals surface area contributed by atoms with E-state index in [4.69, 9.17) is 4.74 Å². The lowest BCUT2D eigenvalue weighted by atomic mass is 10.2. The van der Waals surface area contributed by atoms with Crippen LogP contribution in [0.5, 0.6) is 5.75 Å². The summed E-state index contributed by atoms with van der Waals surface area (Å²) in [5, 5.41) is 4.18. The molecular formula is C19H16F2N2O4S. The normalized spacial score (nSPS) is 11.9. The Balaban J connectivity index is 1.67. The maximum atomic E-state index is 12.5. The molecule has 28 heavy (non-hydrogen) atoms. The molecule has 2 aromatic heterocycles. The van der Waals surface area contributed by atoms with Crippen molar-refractivity contribution in [1.82, 2.24) is 4.57 Å². The van der Waals surface area contributed by atoms with Crippen LogP contribution < -0.4 is 10.1 Å². The lowest BCUT2D eigenvalue weighted by Crippen LogP contribution is -2.30. The number of benzene rings is 1. The van der Waals surface area contributed by atoms with Gasteiger partial charge in [-0.15, -0.1) is 11.3 Å². The van der Waals surface area contributed by atoms with Crippen LogP contribution in [0, 0.1) is 0 Å². The van der Waals surface area contributed by atoms with Gasteiger partial charge < -0.3 is 19.4 Å². The summed E-state index contributed by atoms with van der Waals surface area (Å²) in [6.45, 7) is -1.63. The molecule has 0 aliphatic rings. The number of para-hydroxylation sites is 2. The quantitative estimate of drug-likeness (QED) is 0.593. The molecule has 0 fully saturated rings. The van der Waals surface area contributed by atoms with E-state index >= 15 is 0 Å². The maximum Gasteiger partial charge on any atom is 0.387 e. The molecule has 0 aliphatic carbocycles. The number of esters is 1. The highest BCUT2D eigenvalue weighted by Gasteiger charge is 2.23. The molecule has 0 saturated heterocycles. The third kappa shape index (κ3) is 4.55. The van der Waals surface area contributed by atoms with Crippen LogP contribution in [0.25, 0.3) is 5.69 Å². The fourth-order valence-corrected chi connectivity index (χ4v) is 3.20. The summed E-state index contributed by atoms with van der Waals surface area (Å²) in [4.78, 5) is 25.2. The van der Waals surface area contributed by atoms with E-state index in [-0.39, 0.29) is 11.4 Å². The van der Waals surface area contributed by atoms with Crippen molar-refractivity contribution in [2.75, 3.05) is 5.32 Å². The summed E-state index contributed by atoms with van der Waals surface area (Å²) >= 11 is 1.19. The molecule has 3 rings (SSSR count). The van der Waals surface area contributed by atoms with Crippen LogP contribution in [0.3, 0.4) is 0 Å². The molecule has 3 aromatic rings. The predicted octanol–water partition coefficient (Wildman–Crippen LogP) is 4.32. The summed E-state index contributed by atoms with van der Waals surface area (Å²) in [5.41, 5.74) is 0.697. The first-order chi connectivity index (χ1) is 13.5. The van der Waals surface area contributed by atoms with E-state index < -0.39 is 24.6 Å². The van der Waals surface area contributed by atoms with Gasteiger partial charge in [0.1, 0.15) is 10.6 Å². The monoisotopic (exact) mass is 406 g/mol. The number of anilines is 1. The van der Waals surface area contributed by atoms with Crippen LogP contribution >= 0.6 is 11.3 Å². The number of rotatable bonds is 7. The average Bonchev–Trinajstić information content (AvgIpc) is 3.34. The van der Waals surface area contributed by atoms with Crippen molar-refractivity contribution in [2.24, 2.45) is 0 Å². The second-order valence-electron chi connectivity index (χ2n) is 5.64. The summed E-state index contributed by atoms with van der Waals surface area (Å²) in [6, 6.07) is 11.2. The molecule has 6 nitrogen and oxygen atoms in total. The van der Waals surface area contributed by atoms with Gasteiger partial charge >= 0.3 is 12.6 Å². The van der Waals surface area contributed by atoms with E-state index in [1.807, 2.05) is 12.1 Å². The van der Waals surface area contributed by atoms with Crippen molar-refractivity contribution >= 4 is 28.9 Å². The fourth-order valence-electron chi connectivity index (χ4n) is 2.42. The number of hydrogen-bond donors (Lipinski definition) is 1. The van der Waals surface area contributed by atoms with Crippen molar-refractivity contribution in [3.8, 4) is 11.4 Å². The minimum Gasteiger partial charge on any atom is -0.448 e. The number of carbonyl (C=O) groups excluding carboxylic acids is 2. The highest BCUT2D eigenvalue weighted by atomic mass is 32.1. The van der Waals surface area contributed by atoms with Crippen LogP contribution in [0.4, 0.5) is 14.5 Å². The van der Waals surface area contributed by atoms with Crippen molar-refractivity contribution in [2.45, 2.75) is 19.6 Å². The summed E-state index contributed by atoms with van der Waals surface area (Å²) in [6.07, 6.45) is 2.43. The maximum absolute atomic E-state index is 12.5. The highest BCUT2D eigenvalue weighted by Crippen LogP contribution is 2.26. The van der Waals surface area contributed by atoms with Gasteiger partial charge in [0.25, 0.3) is 5.91 Å². The molecule has 9 heteroatoms. The minimum absolute atomic E-state index is 0.0554. The van der Waals surface area contributed by atoms with Gasteiger partial charge in [0.15, 0.2) is 6.10 Å². The van der Waals surface area contributed by atoms with Crippen molar-refractivity contribution in [1.29, 1.82) is 0 Å². The van der Waals surface area contributed by atoms with Gasteiger partial charge in [0.05, 0.1) is 11.4 Å². The molecule has 0 unspecified atom stereocenters. The first-order valence-electron chi connectivity index (χ1n) is 8.22. The van der Waals surface area contributed by atoms with Crippen molar-refractivity contribution < 1.29 is 27.8 Å². The number of alkyl halides is 2. The molecule has 0 spiro atoms. The van der Waals surface area contributed by atoms with Gasteiger partial charge in [-0.1, -0.05) is 12.1 Å². The fraction of sp³-hybridized carbons (Fsp3) is 0.158. The summed E-state index contributed by atoms with van der Waals surface area (Å²) in [5.74, 6) is -1.51. The Bertz CT molecular complexity index is 957. The zero-order valence-electron chi connectivity index (χ0n) is 14.7. The van der Waals surface area contributed by atoms with Gasteiger partial charge in [-0.2, -0.15) is 8.78 Å². The van der Waals surface area contributed by atoms with Crippen LogP contribution in [-0.4, -0.2) is 29.2 Å². The van der Waals surface area contributed by atoms with Gasteiger partial charge in [-0.3, -0.25) is 4.79 Å². The highest BCUT2D eigenvalue weighted by molar-refractivity contribution is 7.12. The Hall–Kier alpha value is -3.20. The number of amides is 1. The van der Waals surface area contributed by atoms with Gasteiger partial charge in [-0.25, -0.2) is 4.79 Å². The lowest BCUT2D eigenvalue weighted by molar-refractivity contribution is -0.123. The zero-order valence-corrected chi connectivity index (χ0v) is 15.5. The number of aromatic nitrogens is 1. The number of carbonyl (C=O) groups is 2. The molecule has 0 saturated carbocycles. The molecule has 1 N–H and O–H groups in total. The standard InChI is InChI=1S/C19H16F2N2O4S/c1-12(17(24)22-13-6-2-3-7-15(13)27-19(20)21)26-18(25)16-14(8-11-28-16)23-9-4-5-10-23/h2-12,19H,1H3,(H,22,24)/t12-/m0/s1. The number of hydrogen-bond acceptors (Lipinski definition) is 5. The van der Waals surface area contributed by atoms with E-state index in [0.29, 0.717) is 10.6 Å².